The molecule has 6 nitrogen and oxygen atoms in total. The fourth-order valence-corrected chi connectivity index (χ4v) is 2.81. The minimum absolute atomic E-state index is 0.0744. The van der Waals surface area contributed by atoms with Crippen molar-refractivity contribution in [2.75, 3.05) is 13.4 Å². The first-order valence-corrected chi connectivity index (χ1v) is 8.59. The Hall–Kier alpha value is -2.15. The Morgan fingerprint density at radius 3 is 2.23 bits per heavy atom. The third kappa shape index (κ3) is 3.54. The molecule has 0 unspecified atom stereocenters. The van der Waals surface area contributed by atoms with Gasteiger partial charge in [0, 0.05) is 30.3 Å². The molecule has 0 aliphatic heterocycles. The van der Waals surface area contributed by atoms with E-state index in [1.54, 1.807) is 24.5 Å². The van der Waals surface area contributed by atoms with Crippen molar-refractivity contribution >= 4 is 9.84 Å². The molecule has 22 heavy (non-hydrogen) atoms. The van der Waals surface area contributed by atoms with Crippen LogP contribution in [0.25, 0.3) is 0 Å². The summed E-state index contributed by atoms with van der Waals surface area (Å²) in [5.41, 5.74) is 0.816. The molecule has 0 aliphatic rings. The zero-order valence-electron chi connectivity index (χ0n) is 12.9. The maximum absolute atomic E-state index is 11.9. The first-order chi connectivity index (χ1) is 10.3. The van der Waals surface area contributed by atoms with Crippen molar-refractivity contribution in [1.29, 1.82) is 0 Å². The lowest BCUT2D eigenvalue weighted by Crippen LogP contribution is -2.05. The average Bonchev–Trinajstić information content (AvgIpc) is 2.46. The average molecular weight is 322 g/mol. The van der Waals surface area contributed by atoms with Crippen LogP contribution in [0.2, 0.25) is 0 Å². The molecule has 0 amide bonds. The van der Waals surface area contributed by atoms with Crippen LogP contribution in [-0.4, -0.2) is 31.8 Å². The van der Waals surface area contributed by atoms with Crippen LogP contribution in [-0.2, 0) is 9.84 Å². The molecule has 0 aliphatic carbocycles. The molecular weight excluding hydrogens is 304 g/mol. The molecule has 7 heteroatoms. The quantitative estimate of drug-likeness (QED) is 0.842. The Kier molecular flexibility index (Phi) is 4.65. The second-order valence-corrected chi connectivity index (χ2v) is 7.09. The van der Waals surface area contributed by atoms with Gasteiger partial charge in [-0.1, -0.05) is 13.8 Å². The van der Waals surface area contributed by atoms with Crippen molar-refractivity contribution in [3.05, 3.63) is 36.2 Å². The number of methoxy groups -OCH3 is 1. The second kappa shape index (κ2) is 6.31. The summed E-state index contributed by atoms with van der Waals surface area (Å²) in [5, 5.41) is 0. The smallest absolute Gasteiger partial charge is 0.321 e. The Morgan fingerprint density at radius 1 is 1.09 bits per heavy atom. The first-order valence-electron chi connectivity index (χ1n) is 6.69. The minimum atomic E-state index is -3.45. The topological polar surface area (TPSA) is 78.4 Å². The van der Waals surface area contributed by atoms with Crippen LogP contribution in [0.15, 0.2) is 35.5 Å². The van der Waals surface area contributed by atoms with Crippen molar-refractivity contribution in [2.45, 2.75) is 24.7 Å². The summed E-state index contributed by atoms with van der Waals surface area (Å²) in [4.78, 5) is 8.06. The largest absolute Gasteiger partial charge is 0.495 e. The highest BCUT2D eigenvalue weighted by Gasteiger charge is 2.21. The molecule has 0 N–H and O–H groups in total. The normalized spacial score (nSPS) is 11.5. The maximum atomic E-state index is 11.9. The van der Waals surface area contributed by atoms with E-state index in [1.165, 1.54) is 13.2 Å². The van der Waals surface area contributed by atoms with Crippen LogP contribution in [0.3, 0.4) is 0 Å². The third-order valence-corrected chi connectivity index (χ3v) is 4.18. The Bertz CT molecular complexity index is 759. The number of nitrogens with zero attached hydrogens (tertiary/aromatic N) is 2. The Labute approximate surface area is 130 Å². The zero-order valence-corrected chi connectivity index (χ0v) is 13.7. The standard InChI is InChI=1S/C15H18N2O4S/c1-10(2)11-8-13(20-3)14(22(4,18)19)9-12(11)21-15-16-6-5-7-17-15/h5-10H,1-4H3. The van der Waals surface area contributed by atoms with Crippen molar-refractivity contribution < 1.29 is 17.9 Å². The molecule has 2 rings (SSSR count). The van der Waals surface area contributed by atoms with E-state index in [9.17, 15) is 8.42 Å². The molecular formula is C15H18N2O4S. The van der Waals surface area contributed by atoms with Gasteiger partial charge < -0.3 is 9.47 Å². The van der Waals surface area contributed by atoms with Crippen molar-refractivity contribution in [1.82, 2.24) is 9.97 Å². The van der Waals surface area contributed by atoms with E-state index in [1.807, 2.05) is 13.8 Å². The molecule has 1 heterocycles. The van der Waals surface area contributed by atoms with E-state index in [0.29, 0.717) is 11.5 Å². The lowest BCUT2D eigenvalue weighted by molar-refractivity contribution is 0.395. The molecule has 118 valence electrons. The van der Waals surface area contributed by atoms with Crippen LogP contribution >= 0.6 is 0 Å². The van der Waals surface area contributed by atoms with E-state index < -0.39 is 9.84 Å². The van der Waals surface area contributed by atoms with Gasteiger partial charge in [-0.2, -0.15) is 0 Å². The lowest BCUT2D eigenvalue weighted by atomic mass is 10.0. The van der Waals surface area contributed by atoms with E-state index in [2.05, 4.69) is 9.97 Å². The molecule has 0 fully saturated rings. The van der Waals surface area contributed by atoms with E-state index in [0.717, 1.165) is 11.8 Å². The van der Waals surface area contributed by atoms with Crippen molar-refractivity contribution in [3.63, 3.8) is 0 Å². The predicted molar refractivity (Wildman–Crippen MR) is 82.3 cm³/mol. The SMILES string of the molecule is COc1cc(C(C)C)c(Oc2ncccn2)cc1S(C)(=O)=O. The van der Waals surface area contributed by atoms with Crippen LogP contribution in [0.4, 0.5) is 0 Å². The van der Waals surface area contributed by atoms with Gasteiger partial charge in [0.2, 0.25) is 0 Å². The summed E-state index contributed by atoms with van der Waals surface area (Å²) < 4.78 is 34.7. The molecule has 1 aromatic carbocycles. The van der Waals surface area contributed by atoms with Crippen LogP contribution in [0, 0.1) is 0 Å². The molecule has 0 saturated heterocycles. The number of hydrogen-bond acceptors (Lipinski definition) is 6. The number of benzene rings is 1. The highest BCUT2D eigenvalue weighted by atomic mass is 32.2. The molecule has 2 aromatic rings. The van der Waals surface area contributed by atoms with Crippen LogP contribution in [0.1, 0.15) is 25.3 Å². The first kappa shape index (κ1) is 16.2. The summed E-state index contributed by atoms with van der Waals surface area (Å²) in [5.74, 6) is 0.816. The number of rotatable bonds is 5. The Morgan fingerprint density at radius 2 is 1.73 bits per heavy atom. The van der Waals surface area contributed by atoms with Crippen molar-refractivity contribution in [2.24, 2.45) is 0 Å². The monoisotopic (exact) mass is 322 g/mol. The molecule has 0 atom stereocenters. The van der Waals surface area contributed by atoms with Gasteiger partial charge in [0.25, 0.3) is 0 Å². The van der Waals surface area contributed by atoms with Crippen molar-refractivity contribution in [3.8, 4) is 17.5 Å². The molecule has 0 saturated carbocycles. The summed E-state index contributed by atoms with van der Waals surface area (Å²) in [6.45, 7) is 3.96. The van der Waals surface area contributed by atoms with Gasteiger partial charge >= 0.3 is 6.01 Å². The second-order valence-electron chi connectivity index (χ2n) is 5.10. The summed E-state index contributed by atoms with van der Waals surface area (Å²) in [6.07, 6.45) is 4.24. The lowest BCUT2D eigenvalue weighted by Gasteiger charge is -2.16. The van der Waals surface area contributed by atoms with E-state index in [4.69, 9.17) is 9.47 Å². The zero-order chi connectivity index (χ0) is 16.3. The van der Waals surface area contributed by atoms with Crippen LogP contribution < -0.4 is 9.47 Å². The highest BCUT2D eigenvalue weighted by Crippen LogP contribution is 2.37. The minimum Gasteiger partial charge on any atom is -0.495 e. The predicted octanol–water partition coefficient (Wildman–Crippen LogP) is 2.80. The fourth-order valence-electron chi connectivity index (χ4n) is 1.98. The van der Waals surface area contributed by atoms with Gasteiger partial charge in [0.15, 0.2) is 9.84 Å². The fraction of sp³-hybridized carbons (Fsp3) is 0.333. The maximum Gasteiger partial charge on any atom is 0.321 e. The van der Waals surface area contributed by atoms with Gasteiger partial charge in [-0.25, -0.2) is 18.4 Å². The molecule has 0 bridgehead atoms. The number of hydrogen-bond donors (Lipinski definition) is 0. The Balaban J connectivity index is 2.60. The third-order valence-electron chi connectivity index (χ3n) is 3.06. The summed E-state index contributed by atoms with van der Waals surface area (Å²) in [7, 11) is -2.01. The summed E-state index contributed by atoms with van der Waals surface area (Å²) >= 11 is 0. The molecule has 1 aromatic heterocycles. The number of aromatic nitrogens is 2. The molecule has 0 spiro atoms. The van der Waals surface area contributed by atoms with E-state index in [-0.39, 0.29) is 16.8 Å². The van der Waals surface area contributed by atoms with Gasteiger partial charge in [0.1, 0.15) is 16.4 Å². The van der Waals surface area contributed by atoms with Gasteiger partial charge in [0.05, 0.1) is 7.11 Å². The highest BCUT2D eigenvalue weighted by molar-refractivity contribution is 7.90. The molecule has 0 radical (unpaired) electrons. The number of sulfone groups is 1. The number of ether oxygens (including phenoxy) is 2. The van der Waals surface area contributed by atoms with Gasteiger partial charge in [-0.05, 0) is 18.1 Å². The van der Waals surface area contributed by atoms with Gasteiger partial charge in [-0.15, -0.1) is 0 Å². The van der Waals surface area contributed by atoms with Crippen LogP contribution in [0.5, 0.6) is 17.5 Å². The van der Waals surface area contributed by atoms with E-state index >= 15 is 0 Å². The van der Waals surface area contributed by atoms with Gasteiger partial charge in [-0.3, -0.25) is 0 Å². The summed E-state index contributed by atoms with van der Waals surface area (Å²) in [6, 6.07) is 4.97.